The van der Waals surface area contributed by atoms with E-state index in [2.05, 4.69) is 12.2 Å². The van der Waals surface area contributed by atoms with Gasteiger partial charge in [0.05, 0.1) is 0 Å². The predicted octanol–water partition coefficient (Wildman–Crippen LogP) is 5.39. The molecule has 0 aliphatic carbocycles. The van der Waals surface area contributed by atoms with Gasteiger partial charge in [-0.3, -0.25) is 4.79 Å². The van der Waals surface area contributed by atoms with Crippen molar-refractivity contribution >= 4 is 11.6 Å². The molecule has 3 rings (SSSR count). The molecule has 0 unspecified atom stereocenters. The second kappa shape index (κ2) is 8.34. The maximum atomic E-state index is 12.6. The third-order valence-electron chi connectivity index (χ3n) is 4.34. The number of hydrogen-bond acceptors (Lipinski definition) is 2. The lowest BCUT2D eigenvalue weighted by Gasteiger charge is -2.13. The number of amides is 1. The Morgan fingerprint density at radius 1 is 0.923 bits per heavy atom. The molecule has 3 heteroatoms. The summed E-state index contributed by atoms with van der Waals surface area (Å²) in [5.41, 5.74) is 4.79. The van der Waals surface area contributed by atoms with Crippen molar-refractivity contribution in [1.82, 2.24) is 0 Å². The van der Waals surface area contributed by atoms with Gasteiger partial charge in [0.2, 0.25) is 0 Å². The van der Waals surface area contributed by atoms with Crippen LogP contribution in [0.3, 0.4) is 0 Å². The SMILES string of the molecule is CCc1cccc(C)c1NC(=O)c1ccc(COc2ccccc2)cc1. The van der Waals surface area contributed by atoms with E-state index in [0.717, 1.165) is 34.5 Å². The van der Waals surface area contributed by atoms with Gasteiger partial charge in [-0.25, -0.2) is 0 Å². The molecule has 0 radical (unpaired) electrons. The second-order valence-electron chi connectivity index (χ2n) is 6.22. The van der Waals surface area contributed by atoms with E-state index in [4.69, 9.17) is 4.74 Å². The summed E-state index contributed by atoms with van der Waals surface area (Å²) in [6.45, 7) is 4.58. The van der Waals surface area contributed by atoms with Crippen LogP contribution in [0.25, 0.3) is 0 Å². The number of carbonyl (C=O) groups excluding carboxylic acids is 1. The molecule has 0 aliphatic rings. The van der Waals surface area contributed by atoms with Gasteiger partial charge in [-0.05, 0) is 54.3 Å². The van der Waals surface area contributed by atoms with Crippen LogP contribution in [0.1, 0.15) is 34.0 Å². The van der Waals surface area contributed by atoms with Crippen LogP contribution in [0.4, 0.5) is 5.69 Å². The topological polar surface area (TPSA) is 38.3 Å². The van der Waals surface area contributed by atoms with Gasteiger partial charge in [0.1, 0.15) is 12.4 Å². The number of hydrogen-bond donors (Lipinski definition) is 1. The quantitative estimate of drug-likeness (QED) is 0.650. The highest BCUT2D eigenvalue weighted by Gasteiger charge is 2.10. The van der Waals surface area contributed by atoms with E-state index < -0.39 is 0 Å². The number of benzene rings is 3. The maximum Gasteiger partial charge on any atom is 0.255 e. The van der Waals surface area contributed by atoms with Crippen molar-refractivity contribution in [2.75, 3.05) is 5.32 Å². The molecule has 0 heterocycles. The highest BCUT2D eigenvalue weighted by atomic mass is 16.5. The average molecular weight is 345 g/mol. The molecule has 1 amide bonds. The molecule has 3 aromatic carbocycles. The zero-order valence-electron chi connectivity index (χ0n) is 15.2. The second-order valence-corrected chi connectivity index (χ2v) is 6.22. The number of para-hydroxylation sites is 2. The minimum Gasteiger partial charge on any atom is -0.489 e. The fourth-order valence-electron chi connectivity index (χ4n) is 2.82. The number of nitrogens with one attached hydrogen (secondary N) is 1. The molecule has 1 N–H and O–H groups in total. The maximum absolute atomic E-state index is 12.6. The first-order chi connectivity index (χ1) is 12.7. The predicted molar refractivity (Wildman–Crippen MR) is 106 cm³/mol. The molecule has 0 atom stereocenters. The van der Waals surface area contributed by atoms with Crippen LogP contribution in [-0.4, -0.2) is 5.91 Å². The zero-order valence-corrected chi connectivity index (χ0v) is 15.2. The Morgan fingerprint density at radius 2 is 1.65 bits per heavy atom. The monoisotopic (exact) mass is 345 g/mol. The molecule has 132 valence electrons. The minimum absolute atomic E-state index is 0.0930. The normalized spacial score (nSPS) is 10.4. The van der Waals surface area contributed by atoms with Crippen LogP contribution in [0, 0.1) is 6.92 Å². The lowest BCUT2D eigenvalue weighted by molar-refractivity contribution is 0.102. The van der Waals surface area contributed by atoms with Crippen LogP contribution in [-0.2, 0) is 13.0 Å². The molecule has 0 bridgehead atoms. The van der Waals surface area contributed by atoms with Gasteiger partial charge in [0, 0.05) is 11.3 Å². The largest absolute Gasteiger partial charge is 0.489 e. The fraction of sp³-hybridized carbons (Fsp3) is 0.174. The van der Waals surface area contributed by atoms with Gasteiger partial charge >= 0.3 is 0 Å². The highest BCUT2D eigenvalue weighted by Crippen LogP contribution is 2.22. The molecule has 0 aliphatic heterocycles. The Kier molecular flexibility index (Phi) is 5.69. The molecule has 3 nitrogen and oxygen atoms in total. The smallest absolute Gasteiger partial charge is 0.255 e. The van der Waals surface area contributed by atoms with E-state index in [1.807, 2.05) is 79.7 Å². The van der Waals surface area contributed by atoms with Gasteiger partial charge in [-0.2, -0.15) is 0 Å². The van der Waals surface area contributed by atoms with E-state index >= 15 is 0 Å². The van der Waals surface area contributed by atoms with Crippen molar-refractivity contribution in [3.63, 3.8) is 0 Å². The molecule has 0 spiro atoms. The number of aryl methyl sites for hydroxylation is 2. The summed E-state index contributed by atoms with van der Waals surface area (Å²) < 4.78 is 5.73. The first-order valence-corrected chi connectivity index (χ1v) is 8.84. The first-order valence-electron chi connectivity index (χ1n) is 8.84. The first kappa shape index (κ1) is 17.7. The van der Waals surface area contributed by atoms with Crippen molar-refractivity contribution in [1.29, 1.82) is 0 Å². The molecular weight excluding hydrogens is 322 g/mol. The lowest BCUT2D eigenvalue weighted by Crippen LogP contribution is -2.14. The Morgan fingerprint density at radius 3 is 2.35 bits per heavy atom. The van der Waals surface area contributed by atoms with E-state index in [-0.39, 0.29) is 5.91 Å². The van der Waals surface area contributed by atoms with Crippen molar-refractivity contribution in [3.05, 3.63) is 95.1 Å². The van der Waals surface area contributed by atoms with Gasteiger partial charge in [0.25, 0.3) is 5.91 Å². The summed E-state index contributed by atoms with van der Waals surface area (Å²) in [5.74, 6) is 0.741. The van der Waals surface area contributed by atoms with E-state index in [1.165, 1.54) is 0 Å². The van der Waals surface area contributed by atoms with Gasteiger partial charge in [0.15, 0.2) is 0 Å². The molecule has 3 aromatic rings. The van der Waals surface area contributed by atoms with Crippen molar-refractivity contribution in [2.24, 2.45) is 0 Å². The summed E-state index contributed by atoms with van der Waals surface area (Å²) in [6.07, 6.45) is 0.882. The molecule has 0 saturated heterocycles. The van der Waals surface area contributed by atoms with Crippen LogP contribution < -0.4 is 10.1 Å². The zero-order chi connectivity index (χ0) is 18.4. The van der Waals surface area contributed by atoms with Gasteiger partial charge < -0.3 is 10.1 Å². The third-order valence-corrected chi connectivity index (χ3v) is 4.34. The van der Waals surface area contributed by atoms with Crippen molar-refractivity contribution < 1.29 is 9.53 Å². The minimum atomic E-state index is -0.0930. The van der Waals surface area contributed by atoms with Crippen LogP contribution in [0.5, 0.6) is 5.75 Å². The Balaban J connectivity index is 1.66. The summed E-state index contributed by atoms with van der Waals surface area (Å²) in [5, 5.41) is 3.05. The number of ether oxygens (including phenoxy) is 1. The number of rotatable bonds is 6. The number of carbonyl (C=O) groups is 1. The summed E-state index contributed by atoms with van der Waals surface area (Å²) in [6, 6.07) is 23.3. The Bertz CT molecular complexity index is 870. The lowest BCUT2D eigenvalue weighted by atomic mass is 10.1. The Hall–Kier alpha value is -3.07. The average Bonchev–Trinajstić information content (AvgIpc) is 2.69. The Labute approximate surface area is 154 Å². The van der Waals surface area contributed by atoms with Crippen LogP contribution in [0.2, 0.25) is 0 Å². The van der Waals surface area contributed by atoms with Crippen LogP contribution >= 0.6 is 0 Å². The number of anilines is 1. The summed E-state index contributed by atoms with van der Waals surface area (Å²) in [4.78, 5) is 12.6. The highest BCUT2D eigenvalue weighted by molar-refractivity contribution is 6.05. The van der Waals surface area contributed by atoms with E-state index in [0.29, 0.717) is 12.2 Å². The summed E-state index contributed by atoms with van der Waals surface area (Å²) in [7, 11) is 0. The van der Waals surface area contributed by atoms with E-state index in [1.54, 1.807) is 0 Å². The molecule has 0 fully saturated rings. The molecule has 26 heavy (non-hydrogen) atoms. The van der Waals surface area contributed by atoms with Gasteiger partial charge in [-0.1, -0.05) is 55.5 Å². The van der Waals surface area contributed by atoms with Crippen molar-refractivity contribution in [2.45, 2.75) is 26.9 Å². The molecule has 0 aromatic heterocycles. The van der Waals surface area contributed by atoms with Gasteiger partial charge in [-0.15, -0.1) is 0 Å². The van der Waals surface area contributed by atoms with E-state index in [9.17, 15) is 4.79 Å². The van der Waals surface area contributed by atoms with Crippen molar-refractivity contribution in [3.8, 4) is 5.75 Å². The standard InChI is InChI=1S/C23H23NO2/c1-3-19-9-7-8-17(2)22(19)24-23(25)20-14-12-18(13-15-20)16-26-21-10-5-4-6-11-21/h4-15H,3,16H2,1-2H3,(H,24,25). The van der Waals surface area contributed by atoms with Crippen LogP contribution in [0.15, 0.2) is 72.8 Å². The molecule has 0 saturated carbocycles. The fourth-order valence-corrected chi connectivity index (χ4v) is 2.82. The summed E-state index contributed by atoms with van der Waals surface area (Å²) >= 11 is 0. The third kappa shape index (κ3) is 4.31. The molecular formula is C23H23NO2.